The van der Waals surface area contributed by atoms with Crippen LogP contribution in [0.2, 0.25) is 0 Å². The molecule has 2 aromatic carbocycles. The Labute approximate surface area is 144 Å². The maximum atomic E-state index is 12.7. The Hall–Kier alpha value is -2.99. The van der Waals surface area contributed by atoms with Crippen LogP contribution in [-0.4, -0.2) is 17.8 Å². The van der Waals surface area contributed by atoms with E-state index >= 15 is 0 Å². The highest BCUT2D eigenvalue weighted by Crippen LogP contribution is 2.21. The number of aromatic nitrogens is 2. The van der Waals surface area contributed by atoms with E-state index in [1.165, 1.54) is 10.5 Å². The van der Waals surface area contributed by atoms with Crippen molar-refractivity contribution in [1.29, 1.82) is 0 Å². The average molecular weight is 350 g/mol. The average Bonchev–Trinajstić information content (AvgIpc) is 2.61. The van der Waals surface area contributed by atoms with Gasteiger partial charge in [-0.25, -0.2) is 13.4 Å². The Kier molecular flexibility index (Phi) is 3.62. The van der Waals surface area contributed by atoms with Gasteiger partial charge in [0.1, 0.15) is 5.65 Å². The van der Waals surface area contributed by atoms with Crippen molar-refractivity contribution < 1.29 is 8.42 Å². The summed E-state index contributed by atoms with van der Waals surface area (Å²) in [6.45, 7) is 0. The molecule has 0 fully saturated rings. The maximum Gasteiger partial charge on any atom is 0.258 e. The van der Waals surface area contributed by atoms with Crippen molar-refractivity contribution in [2.45, 2.75) is 10.6 Å². The second kappa shape index (κ2) is 5.82. The fourth-order valence-electron chi connectivity index (χ4n) is 2.82. The summed E-state index contributed by atoms with van der Waals surface area (Å²) in [7, 11) is -3.60. The van der Waals surface area contributed by atoms with Gasteiger partial charge in [-0.3, -0.25) is 9.20 Å². The van der Waals surface area contributed by atoms with Crippen LogP contribution in [0.5, 0.6) is 0 Å². The first-order chi connectivity index (χ1) is 12.0. The van der Waals surface area contributed by atoms with Crippen molar-refractivity contribution in [3.8, 4) is 0 Å². The Morgan fingerprint density at radius 3 is 2.48 bits per heavy atom. The molecule has 0 spiro atoms. The van der Waals surface area contributed by atoms with Crippen LogP contribution in [0.4, 0.5) is 0 Å². The lowest BCUT2D eigenvalue weighted by Gasteiger charge is -2.07. The molecule has 0 aliphatic carbocycles. The fraction of sp³-hybridized carbons (Fsp3) is 0.0526. The Morgan fingerprint density at radius 2 is 1.64 bits per heavy atom. The number of nitrogens with zero attached hydrogens (tertiary/aromatic N) is 2. The summed E-state index contributed by atoms with van der Waals surface area (Å²) in [4.78, 5) is 16.6. The summed E-state index contributed by atoms with van der Waals surface area (Å²) in [6, 6.07) is 19.0. The number of hydrogen-bond donors (Lipinski definition) is 0. The van der Waals surface area contributed by atoms with Crippen LogP contribution >= 0.6 is 0 Å². The molecule has 25 heavy (non-hydrogen) atoms. The third-order valence-corrected chi connectivity index (χ3v) is 5.69. The lowest BCUT2D eigenvalue weighted by molar-refractivity contribution is 0.594. The molecule has 0 radical (unpaired) electrons. The first-order valence-corrected chi connectivity index (χ1v) is 9.37. The predicted octanol–water partition coefficient (Wildman–Crippen LogP) is 2.82. The first kappa shape index (κ1) is 15.5. The van der Waals surface area contributed by atoms with E-state index in [2.05, 4.69) is 4.98 Å². The lowest BCUT2D eigenvalue weighted by Crippen LogP contribution is -2.17. The third-order valence-electron chi connectivity index (χ3n) is 4.04. The number of fused-ring (bicyclic) bond motifs is 2. The SMILES string of the molecule is O=c1cc(CS(=O)(=O)c2ccc3ccccc3c2)nc2ccccn12. The van der Waals surface area contributed by atoms with Gasteiger partial charge >= 0.3 is 0 Å². The Bertz CT molecular complexity index is 1260. The van der Waals surface area contributed by atoms with E-state index < -0.39 is 9.84 Å². The van der Waals surface area contributed by atoms with E-state index in [-0.39, 0.29) is 21.9 Å². The molecule has 0 bridgehead atoms. The molecule has 124 valence electrons. The predicted molar refractivity (Wildman–Crippen MR) is 96.3 cm³/mol. The standard InChI is InChI=1S/C19H14N2O3S/c22-19-12-16(20-18-7-3-4-10-21(18)19)13-25(23,24)17-9-8-14-5-1-2-6-15(14)11-17/h1-12H,13H2. The number of benzene rings is 2. The molecule has 0 aliphatic rings. The minimum absolute atomic E-state index is 0.223. The van der Waals surface area contributed by atoms with Gasteiger partial charge < -0.3 is 0 Å². The van der Waals surface area contributed by atoms with Gasteiger partial charge in [0.2, 0.25) is 0 Å². The minimum atomic E-state index is -3.60. The van der Waals surface area contributed by atoms with Gasteiger partial charge in [-0.2, -0.15) is 0 Å². The molecule has 2 heterocycles. The number of sulfone groups is 1. The summed E-state index contributed by atoms with van der Waals surface area (Å²) in [5.41, 5.74) is 0.373. The van der Waals surface area contributed by atoms with Gasteiger partial charge in [-0.15, -0.1) is 0 Å². The number of pyridine rings is 1. The Balaban J connectivity index is 1.76. The lowest BCUT2D eigenvalue weighted by atomic mass is 10.1. The second-order valence-electron chi connectivity index (χ2n) is 5.78. The van der Waals surface area contributed by atoms with Crippen LogP contribution in [0.15, 0.2) is 82.6 Å². The molecule has 6 heteroatoms. The zero-order valence-electron chi connectivity index (χ0n) is 13.2. The molecule has 0 aliphatic heterocycles. The summed E-state index contributed by atoms with van der Waals surface area (Å²) in [6.07, 6.45) is 1.60. The number of hydrogen-bond acceptors (Lipinski definition) is 4. The number of rotatable bonds is 3. The quantitative estimate of drug-likeness (QED) is 0.570. The van der Waals surface area contributed by atoms with Crippen LogP contribution in [0.3, 0.4) is 0 Å². The van der Waals surface area contributed by atoms with Gasteiger partial charge in [0, 0.05) is 12.3 Å². The van der Waals surface area contributed by atoms with Crippen LogP contribution in [0, 0.1) is 0 Å². The molecule has 4 rings (SSSR count). The highest BCUT2D eigenvalue weighted by atomic mass is 32.2. The van der Waals surface area contributed by atoms with Gasteiger partial charge in [0.25, 0.3) is 5.56 Å². The molecule has 5 nitrogen and oxygen atoms in total. The minimum Gasteiger partial charge on any atom is -0.269 e. The molecule has 0 saturated heterocycles. The Morgan fingerprint density at radius 1 is 0.880 bits per heavy atom. The molecule has 0 N–H and O–H groups in total. The van der Waals surface area contributed by atoms with Crippen molar-refractivity contribution in [3.63, 3.8) is 0 Å². The molecule has 0 amide bonds. The highest BCUT2D eigenvalue weighted by molar-refractivity contribution is 7.90. The molecule has 0 atom stereocenters. The van der Waals surface area contributed by atoms with E-state index in [1.54, 1.807) is 42.6 Å². The molecule has 0 unspecified atom stereocenters. The largest absolute Gasteiger partial charge is 0.269 e. The fourth-order valence-corrected chi connectivity index (χ4v) is 4.10. The summed E-state index contributed by atoms with van der Waals surface area (Å²) in [5.74, 6) is -0.314. The molecular weight excluding hydrogens is 336 g/mol. The summed E-state index contributed by atoms with van der Waals surface area (Å²) >= 11 is 0. The van der Waals surface area contributed by atoms with Gasteiger partial charge in [-0.05, 0) is 35.0 Å². The van der Waals surface area contributed by atoms with Crippen molar-refractivity contribution in [3.05, 3.63) is 89.0 Å². The van der Waals surface area contributed by atoms with E-state index in [4.69, 9.17) is 0 Å². The zero-order chi connectivity index (χ0) is 17.4. The normalized spacial score (nSPS) is 11.8. The van der Waals surface area contributed by atoms with E-state index in [9.17, 15) is 13.2 Å². The van der Waals surface area contributed by atoms with Crippen LogP contribution in [-0.2, 0) is 15.6 Å². The highest BCUT2D eigenvalue weighted by Gasteiger charge is 2.17. The monoisotopic (exact) mass is 350 g/mol. The molecule has 0 saturated carbocycles. The van der Waals surface area contributed by atoms with Gasteiger partial charge in [-0.1, -0.05) is 36.4 Å². The van der Waals surface area contributed by atoms with E-state index in [0.717, 1.165) is 10.8 Å². The first-order valence-electron chi connectivity index (χ1n) is 7.72. The van der Waals surface area contributed by atoms with Crippen LogP contribution in [0.1, 0.15) is 5.69 Å². The molecule has 2 aromatic heterocycles. The second-order valence-corrected chi connectivity index (χ2v) is 7.77. The topological polar surface area (TPSA) is 68.5 Å². The molecule has 4 aromatic rings. The third kappa shape index (κ3) is 2.92. The summed E-state index contributed by atoms with van der Waals surface area (Å²) < 4.78 is 26.9. The van der Waals surface area contributed by atoms with Crippen molar-refractivity contribution in [2.24, 2.45) is 0 Å². The summed E-state index contributed by atoms with van der Waals surface area (Å²) in [5, 5.41) is 1.83. The van der Waals surface area contributed by atoms with E-state index in [1.807, 2.05) is 24.3 Å². The smallest absolute Gasteiger partial charge is 0.258 e. The van der Waals surface area contributed by atoms with Crippen molar-refractivity contribution >= 4 is 26.3 Å². The maximum absolute atomic E-state index is 12.7. The van der Waals surface area contributed by atoms with Gasteiger partial charge in [0.05, 0.1) is 16.3 Å². The van der Waals surface area contributed by atoms with Crippen molar-refractivity contribution in [1.82, 2.24) is 9.38 Å². The zero-order valence-corrected chi connectivity index (χ0v) is 14.0. The van der Waals surface area contributed by atoms with Crippen LogP contribution < -0.4 is 5.56 Å². The molecular formula is C19H14N2O3S. The van der Waals surface area contributed by atoms with Gasteiger partial charge in [0.15, 0.2) is 9.84 Å². The van der Waals surface area contributed by atoms with Crippen LogP contribution in [0.25, 0.3) is 16.4 Å². The van der Waals surface area contributed by atoms with E-state index in [0.29, 0.717) is 5.65 Å². The van der Waals surface area contributed by atoms with Crippen molar-refractivity contribution in [2.75, 3.05) is 0 Å².